The van der Waals surface area contributed by atoms with Gasteiger partial charge in [-0.25, -0.2) is 0 Å². The third-order valence-corrected chi connectivity index (χ3v) is 3.90. The van der Waals surface area contributed by atoms with Crippen LogP contribution in [-0.2, 0) is 6.42 Å². The Kier molecular flexibility index (Phi) is 5.45. The van der Waals surface area contributed by atoms with Gasteiger partial charge < -0.3 is 5.32 Å². The fourth-order valence-electron chi connectivity index (χ4n) is 2.75. The van der Waals surface area contributed by atoms with Gasteiger partial charge in [-0.2, -0.15) is 0 Å². The molecule has 2 rings (SSSR count). The Morgan fingerprint density at radius 1 is 1.26 bits per heavy atom. The van der Waals surface area contributed by atoms with E-state index >= 15 is 0 Å². The molecule has 0 aliphatic heterocycles. The van der Waals surface area contributed by atoms with Crippen LogP contribution >= 0.6 is 0 Å². The molecule has 0 amide bonds. The molecular formula is C18H29N. The molecule has 1 fully saturated rings. The van der Waals surface area contributed by atoms with Crippen LogP contribution in [0.25, 0.3) is 0 Å². The minimum Gasteiger partial charge on any atom is -0.310 e. The summed E-state index contributed by atoms with van der Waals surface area (Å²) in [4.78, 5) is 0. The number of hydrogen-bond acceptors (Lipinski definition) is 1. The molecule has 1 atom stereocenters. The Morgan fingerprint density at radius 2 is 2.05 bits per heavy atom. The number of benzene rings is 1. The highest BCUT2D eigenvalue weighted by Gasteiger charge is 2.26. The van der Waals surface area contributed by atoms with E-state index in [9.17, 15) is 0 Å². The van der Waals surface area contributed by atoms with Crippen LogP contribution in [-0.4, -0.2) is 6.54 Å². The molecule has 1 aromatic rings. The summed E-state index contributed by atoms with van der Waals surface area (Å²) in [6, 6.07) is 9.81. The molecule has 1 nitrogen and oxygen atoms in total. The molecule has 1 aliphatic carbocycles. The minimum atomic E-state index is 0.569. The summed E-state index contributed by atoms with van der Waals surface area (Å²) in [5.41, 5.74) is 2.99. The zero-order chi connectivity index (χ0) is 13.7. The molecule has 0 radical (unpaired) electrons. The summed E-state index contributed by atoms with van der Waals surface area (Å²) in [6.07, 6.45) is 6.61. The summed E-state index contributed by atoms with van der Waals surface area (Å²) in [6.45, 7) is 7.97. The van der Waals surface area contributed by atoms with Crippen molar-refractivity contribution >= 4 is 0 Å². The first-order chi connectivity index (χ1) is 9.19. The highest BCUT2D eigenvalue weighted by Crippen LogP contribution is 2.37. The van der Waals surface area contributed by atoms with Crippen LogP contribution in [0.2, 0.25) is 0 Å². The fraction of sp³-hybridized carbons (Fsp3) is 0.667. The smallest absolute Gasteiger partial charge is 0.0322 e. The Morgan fingerprint density at radius 3 is 2.68 bits per heavy atom. The summed E-state index contributed by atoms with van der Waals surface area (Å²) >= 11 is 0. The number of rotatable bonds is 8. The zero-order valence-electron chi connectivity index (χ0n) is 12.8. The second-order valence-corrected chi connectivity index (χ2v) is 6.53. The first-order valence-corrected chi connectivity index (χ1v) is 8.01. The van der Waals surface area contributed by atoms with Gasteiger partial charge in [0.25, 0.3) is 0 Å². The Labute approximate surface area is 118 Å². The van der Waals surface area contributed by atoms with E-state index in [1.54, 1.807) is 0 Å². The van der Waals surface area contributed by atoms with Crippen LogP contribution in [0, 0.1) is 11.8 Å². The first kappa shape index (κ1) is 14.6. The lowest BCUT2D eigenvalue weighted by atomic mass is 9.95. The van der Waals surface area contributed by atoms with Gasteiger partial charge in [0.2, 0.25) is 0 Å². The van der Waals surface area contributed by atoms with Crippen LogP contribution in [0.4, 0.5) is 0 Å². The van der Waals surface area contributed by atoms with Gasteiger partial charge in [0.1, 0.15) is 0 Å². The predicted octanol–water partition coefficient (Wildman–Crippen LogP) is 4.73. The molecule has 1 aromatic carbocycles. The van der Waals surface area contributed by atoms with Gasteiger partial charge in [-0.3, -0.25) is 0 Å². The van der Waals surface area contributed by atoms with Crippen molar-refractivity contribution in [3.63, 3.8) is 0 Å². The second kappa shape index (κ2) is 7.09. The molecule has 19 heavy (non-hydrogen) atoms. The molecule has 0 heterocycles. The quantitative estimate of drug-likeness (QED) is 0.712. The maximum Gasteiger partial charge on any atom is 0.0322 e. The largest absolute Gasteiger partial charge is 0.310 e. The lowest BCUT2D eigenvalue weighted by Gasteiger charge is -2.20. The highest BCUT2D eigenvalue weighted by atomic mass is 14.9. The van der Waals surface area contributed by atoms with Crippen molar-refractivity contribution in [3.05, 3.63) is 35.4 Å². The van der Waals surface area contributed by atoms with E-state index in [2.05, 4.69) is 50.4 Å². The van der Waals surface area contributed by atoms with E-state index in [-0.39, 0.29) is 0 Å². The van der Waals surface area contributed by atoms with E-state index in [1.165, 1.54) is 43.2 Å². The van der Waals surface area contributed by atoms with Gasteiger partial charge in [-0.05, 0) is 48.8 Å². The van der Waals surface area contributed by atoms with Crippen LogP contribution < -0.4 is 5.32 Å². The Bertz CT molecular complexity index is 379. The van der Waals surface area contributed by atoms with E-state index < -0.39 is 0 Å². The van der Waals surface area contributed by atoms with Crippen LogP contribution in [0.15, 0.2) is 24.3 Å². The normalized spacial score (nSPS) is 16.8. The molecule has 106 valence electrons. The average molecular weight is 259 g/mol. The molecule has 0 saturated heterocycles. The molecule has 1 unspecified atom stereocenters. The zero-order valence-corrected chi connectivity index (χ0v) is 12.8. The van der Waals surface area contributed by atoms with Gasteiger partial charge in [0.15, 0.2) is 0 Å². The molecule has 1 saturated carbocycles. The highest BCUT2D eigenvalue weighted by molar-refractivity contribution is 5.26. The molecule has 1 heteroatoms. The van der Waals surface area contributed by atoms with Gasteiger partial charge in [0, 0.05) is 6.04 Å². The number of nitrogens with one attached hydrogen (secondary N) is 1. The maximum absolute atomic E-state index is 3.74. The first-order valence-electron chi connectivity index (χ1n) is 8.01. The number of hydrogen-bond donors (Lipinski definition) is 1. The van der Waals surface area contributed by atoms with Crippen LogP contribution in [0.5, 0.6) is 0 Å². The van der Waals surface area contributed by atoms with E-state index in [0.29, 0.717) is 6.04 Å². The predicted molar refractivity (Wildman–Crippen MR) is 83.4 cm³/mol. The average Bonchev–Trinajstić information content (AvgIpc) is 3.18. The van der Waals surface area contributed by atoms with Gasteiger partial charge in [-0.15, -0.1) is 0 Å². The fourth-order valence-corrected chi connectivity index (χ4v) is 2.75. The van der Waals surface area contributed by atoms with Crippen molar-refractivity contribution in [1.82, 2.24) is 5.32 Å². The van der Waals surface area contributed by atoms with E-state index in [0.717, 1.165) is 18.4 Å². The van der Waals surface area contributed by atoms with Crippen LogP contribution in [0.1, 0.15) is 63.6 Å². The molecule has 0 spiro atoms. The molecule has 1 N–H and O–H groups in total. The third kappa shape index (κ3) is 4.99. The van der Waals surface area contributed by atoms with E-state index in [1.807, 2.05) is 0 Å². The van der Waals surface area contributed by atoms with Crippen molar-refractivity contribution in [3.8, 4) is 0 Å². The summed E-state index contributed by atoms with van der Waals surface area (Å²) < 4.78 is 0. The lowest BCUT2D eigenvalue weighted by molar-refractivity contribution is 0.473. The Hall–Kier alpha value is -0.820. The molecule has 0 aromatic heterocycles. The second-order valence-electron chi connectivity index (χ2n) is 6.53. The summed E-state index contributed by atoms with van der Waals surface area (Å²) in [5.74, 6) is 1.71. The molecule has 1 aliphatic rings. The standard InChI is InChI=1S/C18H29N/c1-4-10-19-18(13-15-8-9-15)17-7-5-6-16(12-17)11-14(2)3/h5-7,12,14-15,18-19H,4,8-11,13H2,1-3H3. The van der Waals surface area contributed by atoms with Crippen molar-refractivity contribution in [1.29, 1.82) is 0 Å². The van der Waals surface area contributed by atoms with E-state index in [4.69, 9.17) is 0 Å². The maximum atomic E-state index is 3.74. The van der Waals surface area contributed by atoms with Crippen molar-refractivity contribution in [2.45, 2.75) is 58.9 Å². The molecular weight excluding hydrogens is 230 g/mol. The van der Waals surface area contributed by atoms with Gasteiger partial charge >= 0.3 is 0 Å². The van der Waals surface area contributed by atoms with Crippen molar-refractivity contribution < 1.29 is 0 Å². The minimum absolute atomic E-state index is 0.569. The Balaban J connectivity index is 2.05. The SMILES string of the molecule is CCCNC(CC1CC1)c1cccc(CC(C)C)c1. The third-order valence-electron chi connectivity index (χ3n) is 3.90. The lowest BCUT2D eigenvalue weighted by Crippen LogP contribution is -2.22. The van der Waals surface area contributed by atoms with Crippen molar-refractivity contribution in [2.24, 2.45) is 11.8 Å². The van der Waals surface area contributed by atoms with Gasteiger partial charge in [0.05, 0.1) is 0 Å². The van der Waals surface area contributed by atoms with Crippen molar-refractivity contribution in [2.75, 3.05) is 6.54 Å². The summed E-state index contributed by atoms with van der Waals surface area (Å²) in [7, 11) is 0. The van der Waals surface area contributed by atoms with Gasteiger partial charge in [-0.1, -0.05) is 57.9 Å². The topological polar surface area (TPSA) is 12.0 Å². The van der Waals surface area contributed by atoms with Crippen LogP contribution in [0.3, 0.4) is 0 Å². The molecule has 0 bridgehead atoms. The monoisotopic (exact) mass is 259 g/mol. The summed E-state index contributed by atoms with van der Waals surface area (Å²) in [5, 5.41) is 3.74.